The molecule has 0 bridgehead atoms. The van der Waals surface area contributed by atoms with E-state index in [4.69, 9.17) is 16.3 Å². The van der Waals surface area contributed by atoms with Crippen LogP contribution >= 0.6 is 34.7 Å². The zero-order valence-electron chi connectivity index (χ0n) is 11.8. The highest BCUT2D eigenvalue weighted by molar-refractivity contribution is 8.00. The summed E-state index contributed by atoms with van der Waals surface area (Å²) in [5, 5.41) is 12.7. The Bertz CT molecular complexity index is 740. The molecule has 114 valence electrons. The predicted molar refractivity (Wildman–Crippen MR) is 89.3 cm³/mol. The van der Waals surface area contributed by atoms with Gasteiger partial charge in [-0.15, -0.1) is 23.1 Å². The molecule has 2 rings (SSSR count). The molecular weight excluding hydrogens is 342 g/mol. The molecule has 0 atom stereocenters. The number of carbonyl (C=O) groups is 1. The highest BCUT2D eigenvalue weighted by atomic mass is 35.5. The molecule has 0 saturated heterocycles. The Morgan fingerprint density at radius 3 is 2.95 bits per heavy atom. The van der Waals surface area contributed by atoms with Crippen LogP contribution in [0.15, 0.2) is 22.4 Å². The van der Waals surface area contributed by atoms with Gasteiger partial charge < -0.3 is 10.1 Å². The van der Waals surface area contributed by atoms with Crippen molar-refractivity contribution in [1.29, 1.82) is 5.26 Å². The van der Waals surface area contributed by atoms with Crippen molar-refractivity contribution in [3.8, 4) is 6.07 Å². The van der Waals surface area contributed by atoms with E-state index >= 15 is 0 Å². The number of pyridine rings is 1. The van der Waals surface area contributed by atoms with Crippen LogP contribution in [0, 0.1) is 11.3 Å². The molecule has 22 heavy (non-hydrogen) atoms. The first kappa shape index (κ1) is 16.6. The first-order chi connectivity index (χ1) is 10.6. The second-order valence-electron chi connectivity index (χ2n) is 3.98. The molecule has 0 radical (unpaired) electrons. The van der Waals surface area contributed by atoms with Gasteiger partial charge in [-0.25, -0.2) is 9.78 Å². The number of halogens is 1. The van der Waals surface area contributed by atoms with E-state index in [2.05, 4.69) is 16.4 Å². The van der Waals surface area contributed by atoms with Gasteiger partial charge in [-0.2, -0.15) is 5.26 Å². The molecule has 0 amide bonds. The number of carbonyl (C=O) groups excluding carboxylic acids is 1. The van der Waals surface area contributed by atoms with Crippen LogP contribution in [0.25, 0.3) is 0 Å². The smallest absolute Gasteiger partial charge is 0.350 e. The fraction of sp³-hybridized carbons (Fsp3) is 0.214. The van der Waals surface area contributed by atoms with E-state index in [0.717, 1.165) is 4.21 Å². The Morgan fingerprint density at radius 2 is 2.36 bits per heavy atom. The van der Waals surface area contributed by atoms with Crippen molar-refractivity contribution in [1.82, 2.24) is 4.98 Å². The first-order valence-electron chi connectivity index (χ1n) is 6.28. The summed E-state index contributed by atoms with van der Waals surface area (Å²) in [7, 11) is 0. The summed E-state index contributed by atoms with van der Waals surface area (Å²) >= 11 is 8.49. The van der Waals surface area contributed by atoms with Gasteiger partial charge in [-0.3, -0.25) is 0 Å². The summed E-state index contributed by atoms with van der Waals surface area (Å²) in [6, 6.07) is 7.21. The Kier molecular flexibility index (Phi) is 5.66. The minimum absolute atomic E-state index is 0.266. The monoisotopic (exact) mass is 353 g/mol. The number of hydrogen-bond donors (Lipinski definition) is 1. The number of thioether (sulfide) groups is 1. The Labute approximate surface area is 141 Å². The Hall–Kier alpha value is -1.75. The molecule has 2 aromatic rings. The third-order valence-corrected chi connectivity index (χ3v) is 5.10. The van der Waals surface area contributed by atoms with Crippen LogP contribution in [0.2, 0.25) is 5.15 Å². The van der Waals surface area contributed by atoms with Gasteiger partial charge in [0.2, 0.25) is 0 Å². The molecular formula is C14H12ClN3O2S2. The van der Waals surface area contributed by atoms with Crippen molar-refractivity contribution in [2.75, 3.05) is 18.2 Å². The highest BCUT2D eigenvalue weighted by Gasteiger charge is 2.24. The van der Waals surface area contributed by atoms with Crippen molar-refractivity contribution in [3.63, 3.8) is 0 Å². The second kappa shape index (κ2) is 7.49. The normalized spacial score (nSPS) is 10.1. The zero-order chi connectivity index (χ0) is 16.1. The van der Waals surface area contributed by atoms with E-state index in [1.165, 1.54) is 23.1 Å². The molecule has 1 N–H and O–H groups in total. The second-order valence-corrected chi connectivity index (χ2v) is 6.46. The minimum atomic E-state index is -0.464. The summed E-state index contributed by atoms with van der Waals surface area (Å²) in [6.07, 6.45) is 1.85. The molecule has 0 aliphatic carbocycles. The van der Waals surface area contributed by atoms with Gasteiger partial charge in [0.05, 0.1) is 16.5 Å². The molecule has 0 spiro atoms. The van der Waals surface area contributed by atoms with Crippen LogP contribution in [-0.2, 0) is 4.74 Å². The topological polar surface area (TPSA) is 75.0 Å². The zero-order valence-corrected chi connectivity index (χ0v) is 14.2. The number of nitriles is 1. The van der Waals surface area contributed by atoms with Gasteiger partial charge in [-0.05, 0) is 25.3 Å². The lowest BCUT2D eigenvalue weighted by molar-refractivity contribution is 0.0533. The third-order valence-electron chi connectivity index (χ3n) is 2.60. The van der Waals surface area contributed by atoms with Crippen molar-refractivity contribution < 1.29 is 9.53 Å². The number of rotatable bonds is 5. The molecule has 5 nitrogen and oxygen atoms in total. The summed E-state index contributed by atoms with van der Waals surface area (Å²) in [4.78, 5) is 16.6. The number of esters is 1. The highest BCUT2D eigenvalue weighted by Crippen LogP contribution is 2.40. The fourth-order valence-electron chi connectivity index (χ4n) is 1.72. The Balaban J connectivity index is 2.49. The summed E-state index contributed by atoms with van der Waals surface area (Å²) in [6.45, 7) is 2.00. The molecule has 0 saturated carbocycles. The molecule has 0 unspecified atom stereocenters. The van der Waals surface area contributed by atoms with Crippen molar-refractivity contribution >= 4 is 52.2 Å². The summed E-state index contributed by atoms with van der Waals surface area (Å²) in [5.41, 5.74) is 0.812. The van der Waals surface area contributed by atoms with Crippen molar-refractivity contribution in [3.05, 3.63) is 33.8 Å². The minimum Gasteiger partial charge on any atom is -0.462 e. The maximum absolute atomic E-state index is 12.1. The van der Waals surface area contributed by atoms with Gasteiger partial charge in [0.25, 0.3) is 0 Å². The summed E-state index contributed by atoms with van der Waals surface area (Å²) in [5.74, 6) is -0.00571. The maximum atomic E-state index is 12.1. The maximum Gasteiger partial charge on any atom is 0.350 e. The number of anilines is 2. The number of nitrogens with one attached hydrogen (secondary N) is 1. The number of thiophene rings is 1. The van der Waals surface area contributed by atoms with E-state index in [9.17, 15) is 10.1 Å². The lowest BCUT2D eigenvalue weighted by Gasteiger charge is -2.07. The predicted octanol–water partition coefficient (Wildman–Crippen LogP) is 4.31. The molecule has 2 aromatic heterocycles. The average Bonchev–Trinajstić information content (AvgIpc) is 2.85. The largest absolute Gasteiger partial charge is 0.462 e. The molecule has 0 aromatic carbocycles. The van der Waals surface area contributed by atoms with Gasteiger partial charge >= 0.3 is 5.97 Å². The number of nitrogens with zero attached hydrogens (tertiary/aromatic N) is 2. The van der Waals surface area contributed by atoms with Crippen LogP contribution in [-0.4, -0.2) is 23.8 Å². The standard InChI is InChI=1S/C14H12ClN3O2S2/c1-3-20-13(19)12-11(8(7-16)14(21-2)22-12)18-10-6-4-5-9(15)17-10/h4-6H,3H2,1-2H3,(H,17,18). The van der Waals surface area contributed by atoms with E-state index in [-0.39, 0.29) is 6.61 Å². The quantitative estimate of drug-likeness (QED) is 0.490. The molecule has 2 heterocycles. The van der Waals surface area contributed by atoms with Gasteiger partial charge in [0.1, 0.15) is 27.5 Å². The van der Waals surface area contributed by atoms with Gasteiger partial charge in [0, 0.05) is 0 Å². The average molecular weight is 354 g/mol. The van der Waals surface area contributed by atoms with E-state index in [1.807, 2.05) is 6.26 Å². The van der Waals surface area contributed by atoms with Gasteiger partial charge in [-0.1, -0.05) is 17.7 Å². The van der Waals surface area contributed by atoms with Crippen LogP contribution in [0.1, 0.15) is 22.2 Å². The number of aromatic nitrogens is 1. The molecule has 8 heteroatoms. The molecule has 0 aliphatic heterocycles. The first-order valence-corrected chi connectivity index (χ1v) is 8.70. The van der Waals surface area contributed by atoms with Crippen molar-refractivity contribution in [2.45, 2.75) is 11.1 Å². The number of hydrogen-bond acceptors (Lipinski definition) is 7. The summed E-state index contributed by atoms with van der Waals surface area (Å²) < 4.78 is 5.80. The number of ether oxygens (including phenoxy) is 1. The lowest BCUT2D eigenvalue weighted by Crippen LogP contribution is -2.06. The fourth-order valence-corrected chi connectivity index (χ4v) is 3.65. The van der Waals surface area contributed by atoms with Crippen LogP contribution < -0.4 is 5.32 Å². The molecule has 0 fully saturated rings. The van der Waals surface area contributed by atoms with Crippen LogP contribution in [0.3, 0.4) is 0 Å². The van der Waals surface area contributed by atoms with E-state index in [1.54, 1.807) is 25.1 Å². The van der Waals surface area contributed by atoms with Crippen LogP contribution in [0.5, 0.6) is 0 Å². The van der Waals surface area contributed by atoms with E-state index < -0.39 is 5.97 Å². The Morgan fingerprint density at radius 1 is 1.59 bits per heavy atom. The SMILES string of the molecule is CCOC(=O)c1sc(SC)c(C#N)c1Nc1cccc(Cl)n1. The third kappa shape index (κ3) is 3.53. The van der Waals surface area contributed by atoms with Gasteiger partial charge in [0.15, 0.2) is 0 Å². The lowest BCUT2D eigenvalue weighted by atomic mass is 10.2. The van der Waals surface area contributed by atoms with E-state index in [0.29, 0.717) is 27.1 Å². The molecule has 0 aliphatic rings. The van der Waals surface area contributed by atoms with Crippen molar-refractivity contribution in [2.24, 2.45) is 0 Å². The van der Waals surface area contributed by atoms with Crippen LogP contribution in [0.4, 0.5) is 11.5 Å².